The molecule has 0 aliphatic rings. The first-order valence-electron chi connectivity index (χ1n) is 7.98. The van der Waals surface area contributed by atoms with Crippen LogP contribution in [0.15, 0.2) is 59.7 Å². The zero-order chi connectivity index (χ0) is 18.8. The van der Waals surface area contributed by atoms with Crippen molar-refractivity contribution in [3.63, 3.8) is 0 Å². The van der Waals surface area contributed by atoms with Crippen LogP contribution in [0.5, 0.6) is 0 Å². The fourth-order valence-corrected chi connectivity index (χ4v) is 2.09. The highest BCUT2D eigenvalue weighted by atomic mass is 16.4. The smallest absolute Gasteiger partial charge is 0.259 e. The number of hydrogen-bond donors (Lipinski definition) is 2. The lowest BCUT2D eigenvalue weighted by Crippen LogP contribution is -2.35. The second-order valence-corrected chi connectivity index (χ2v) is 5.46. The van der Waals surface area contributed by atoms with E-state index in [0.717, 1.165) is 5.56 Å². The van der Waals surface area contributed by atoms with Gasteiger partial charge in [-0.15, -0.1) is 0 Å². The van der Waals surface area contributed by atoms with Gasteiger partial charge in [-0.3, -0.25) is 9.59 Å². The third kappa shape index (κ3) is 6.56. The minimum atomic E-state index is -1.26. The summed E-state index contributed by atoms with van der Waals surface area (Å²) in [5.74, 6) is -1.93. The highest BCUT2D eigenvalue weighted by molar-refractivity contribution is 5.88. The van der Waals surface area contributed by atoms with E-state index in [2.05, 4.69) is 15.8 Å². The summed E-state index contributed by atoms with van der Waals surface area (Å²) >= 11 is 0. The van der Waals surface area contributed by atoms with Crippen LogP contribution >= 0.6 is 0 Å². The molecule has 0 aromatic heterocycles. The van der Waals surface area contributed by atoms with Crippen LogP contribution in [-0.2, 0) is 16.0 Å². The molecule has 2 rings (SSSR count). The Labute approximate surface area is 150 Å². The number of carboxylic acids is 1. The van der Waals surface area contributed by atoms with Gasteiger partial charge in [-0.05, 0) is 23.1 Å². The Kier molecular flexibility index (Phi) is 7.05. The topological polar surface area (TPSA) is 111 Å². The maximum atomic E-state index is 11.7. The summed E-state index contributed by atoms with van der Waals surface area (Å²) in [5.41, 5.74) is 4.01. The Balaban J connectivity index is 1.68. The predicted octanol–water partition coefficient (Wildman–Crippen LogP) is 0.249. The minimum Gasteiger partial charge on any atom is -0.545 e. The third-order valence-electron chi connectivity index (χ3n) is 3.48. The minimum absolute atomic E-state index is 0.0596. The van der Waals surface area contributed by atoms with Crippen molar-refractivity contribution < 1.29 is 19.5 Å². The van der Waals surface area contributed by atoms with Crippen LogP contribution in [0.2, 0.25) is 0 Å². The number of aromatic carboxylic acids is 1. The zero-order valence-electron chi connectivity index (χ0n) is 14.0. The Morgan fingerprint density at radius 3 is 2.31 bits per heavy atom. The number of nitrogens with zero attached hydrogens (tertiary/aromatic N) is 1. The number of nitrogens with one attached hydrogen (secondary N) is 2. The van der Waals surface area contributed by atoms with Crippen molar-refractivity contribution in [2.45, 2.75) is 12.8 Å². The van der Waals surface area contributed by atoms with Crippen LogP contribution in [0.4, 0.5) is 0 Å². The lowest BCUT2D eigenvalue weighted by Gasteiger charge is -2.04. The van der Waals surface area contributed by atoms with Crippen molar-refractivity contribution in [1.82, 2.24) is 10.7 Å². The number of rotatable bonds is 8. The van der Waals surface area contributed by atoms with Gasteiger partial charge in [0.05, 0.1) is 18.7 Å². The number of carboxylic acid groups (broad SMARTS) is 1. The summed E-state index contributed by atoms with van der Waals surface area (Å²) in [7, 11) is 0. The molecule has 0 heterocycles. The van der Waals surface area contributed by atoms with Crippen LogP contribution in [0, 0.1) is 0 Å². The molecule has 0 saturated carbocycles. The van der Waals surface area contributed by atoms with Gasteiger partial charge in [-0.2, -0.15) is 5.10 Å². The molecule has 2 amide bonds. The second kappa shape index (κ2) is 9.73. The molecule has 7 heteroatoms. The molecule has 0 aliphatic carbocycles. The van der Waals surface area contributed by atoms with Crippen molar-refractivity contribution >= 4 is 24.0 Å². The number of hydrazone groups is 1. The second-order valence-electron chi connectivity index (χ2n) is 5.46. The normalized spacial score (nSPS) is 10.5. The fraction of sp³-hybridized carbons (Fsp3) is 0.158. The van der Waals surface area contributed by atoms with Gasteiger partial charge in [0.15, 0.2) is 0 Å². The Morgan fingerprint density at radius 1 is 0.962 bits per heavy atom. The lowest BCUT2D eigenvalue weighted by atomic mass is 10.1. The molecule has 2 aromatic rings. The molecule has 0 fully saturated rings. The summed E-state index contributed by atoms with van der Waals surface area (Å²) in [6, 6.07) is 15.4. The number of hydrogen-bond acceptors (Lipinski definition) is 5. The van der Waals surface area contributed by atoms with E-state index in [-0.39, 0.29) is 18.0 Å². The third-order valence-corrected chi connectivity index (χ3v) is 3.48. The van der Waals surface area contributed by atoms with Gasteiger partial charge < -0.3 is 15.2 Å². The quantitative estimate of drug-likeness (QED) is 0.524. The van der Waals surface area contributed by atoms with Crippen LogP contribution in [0.3, 0.4) is 0 Å². The average Bonchev–Trinajstić information content (AvgIpc) is 2.66. The molecule has 2 aromatic carbocycles. The van der Waals surface area contributed by atoms with Gasteiger partial charge in [0.1, 0.15) is 0 Å². The van der Waals surface area contributed by atoms with Gasteiger partial charge >= 0.3 is 0 Å². The van der Waals surface area contributed by atoms with Crippen LogP contribution in [0.1, 0.15) is 27.9 Å². The molecule has 2 N–H and O–H groups in total. The highest BCUT2D eigenvalue weighted by Gasteiger charge is 2.05. The molecule has 0 unspecified atom stereocenters. The number of benzene rings is 2. The zero-order valence-corrected chi connectivity index (χ0v) is 14.0. The van der Waals surface area contributed by atoms with Gasteiger partial charge in [0, 0.05) is 6.42 Å². The van der Waals surface area contributed by atoms with Gasteiger partial charge in [0.2, 0.25) is 5.91 Å². The first-order valence-corrected chi connectivity index (χ1v) is 7.98. The summed E-state index contributed by atoms with van der Waals surface area (Å²) in [6.45, 7) is -0.172. The monoisotopic (exact) mass is 352 g/mol. The Morgan fingerprint density at radius 2 is 1.65 bits per heavy atom. The van der Waals surface area contributed by atoms with Crippen molar-refractivity contribution in [2.24, 2.45) is 5.10 Å². The molecule has 0 aliphatic heterocycles. The van der Waals surface area contributed by atoms with E-state index in [1.807, 2.05) is 30.3 Å². The standard InChI is InChI=1S/C19H19N3O4/c23-17(11-8-14-4-2-1-3-5-14)20-13-18(24)22-21-12-15-6-9-16(10-7-15)19(25)26/h1-7,9-10,12H,8,11,13H2,(H,20,23)(H,22,24)(H,25,26)/p-1/b21-12-. The van der Waals surface area contributed by atoms with Crippen LogP contribution in [-0.4, -0.2) is 30.5 Å². The largest absolute Gasteiger partial charge is 0.545 e. The molecule has 0 atom stereocenters. The van der Waals surface area contributed by atoms with E-state index in [4.69, 9.17) is 0 Å². The molecule has 7 nitrogen and oxygen atoms in total. The summed E-state index contributed by atoms with van der Waals surface area (Å²) in [5, 5.41) is 16.9. The number of carbonyl (C=O) groups excluding carboxylic acids is 3. The SMILES string of the molecule is O=C(CCc1ccccc1)NCC(=O)N/N=C\c1ccc(C(=O)[O-])cc1. The molecule has 134 valence electrons. The average molecular weight is 352 g/mol. The molecule has 26 heavy (non-hydrogen) atoms. The molecule has 0 bridgehead atoms. The van der Waals surface area contributed by atoms with Gasteiger partial charge in [-0.1, -0.05) is 54.6 Å². The number of aryl methyl sites for hydroxylation is 1. The Hall–Kier alpha value is -3.48. The summed E-state index contributed by atoms with van der Waals surface area (Å²) in [4.78, 5) is 34.0. The van der Waals surface area contributed by atoms with E-state index in [9.17, 15) is 19.5 Å². The molecular weight excluding hydrogens is 334 g/mol. The predicted molar refractivity (Wildman–Crippen MR) is 94.3 cm³/mol. The van der Waals surface area contributed by atoms with Crippen molar-refractivity contribution in [3.05, 3.63) is 71.3 Å². The van der Waals surface area contributed by atoms with E-state index in [1.165, 1.54) is 30.5 Å². The maximum Gasteiger partial charge on any atom is 0.259 e. The van der Waals surface area contributed by atoms with Crippen molar-refractivity contribution in [1.29, 1.82) is 0 Å². The number of carbonyl (C=O) groups is 3. The Bertz CT molecular complexity index is 786. The first-order chi connectivity index (χ1) is 12.5. The van der Waals surface area contributed by atoms with E-state index in [1.54, 1.807) is 0 Å². The summed E-state index contributed by atoms with van der Waals surface area (Å²) < 4.78 is 0. The van der Waals surface area contributed by atoms with Gasteiger partial charge in [-0.25, -0.2) is 5.43 Å². The highest BCUT2D eigenvalue weighted by Crippen LogP contribution is 2.02. The molecule has 0 saturated heterocycles. The fourth-order valence-electron chi connectivity index (χ4n) is 2.09. The van der Waals surface area contributed by atoms with E-state index >= 15 is 0 Å². The lowest BCUT2D eigenvalue weighted by molar-refractivity contribution is -0.255. The van der Waals surface area contributed by atoms with E-state index < -0.39 is 11.9 Å². The first kappa shape index (κ1) is 18.9. The van der Waals surface area contributed by atoms with Crippen molar-refractivity contribution in [3.8, 4) is 0 Å². The van der Waals surface area contributed by atoms with Crippen molar-refractivity contribution in [2.75, 3.05) is 6.54 Å². The van der Waals surface area contributed by atoms with E-state index in [0.29, 0.717) is 18.4 Å². The summed E-state index contributed by atoms with van der Waals surface area (Å²) in [6.07, 6.45) is 2.27. The van der Waals surface area contributed by atoms with Crippen LogP contribution < -0.4 is 15.8 Å². The molecular formula is C19H18N3O4-. The van der Waals surface area contributed by atoms with Gasteiger partial charge in [0.25, 0.3) is 5.91 Å². The number of amides is 2. The maximum absolute atomic E-state index is 11.7. The molecule has 0 spiro atoms. The molecule has 0 radical (unpaired) electrons. The van der Waals surface area contributed by atoms with Crippen LogP contribution in [0.25, 0.3) is 0 Å².